The molecule has 37 heavy (non-hydrogen) atoms. The van der Waals surface area contributed by atoms with Gasteiger partial charge in [-0.15, -0.1) is 0 Å². The van der Waals surface area contributed by atoms with Crippen molar-refractivity contribution in [2.45, 2.75) is 6.61 Å². The molecule has 2 aliphatic heterocycles. The van der Waals surface area contributed by atoms with Gasteiger partial charge in [0.25, 0.3) is 0 Å². The van der Waals surface area contributed by atoms with Crippen molar-refractivity contribution in [3.05, 3.63) is 59.7 Å². The lowest BCUT2D eigenvalue weighted by atomic mass is 10.2. The largest absolute Gasteiger partial charge is 0.493 e. The average molecular weight is 506 g/mol. The summed E-state index contributed by atoms with van der Waals surface area (Å²) in [6, 6.07) is 15.6. The van der Waals surface area contributed by atoms with E-state index in [1.807, 2.05) is 48.5 Å². The van der Waals surface area contributed by atoms with Gasteiger partial charge in [-0.1, -0.05) is 30.3 Å². The van der Waals surface area contributed by atoms with E-state index in [2.05, 4.69) is 30.3 Å². The fourth-order valence-corrected chi connectivity index (χ4v) is 4.00. The smallest absolute Gasteiger partial charge is 0.250 e. The van der Waals surface area contributed by atoms with Crippen LogP contribution < -0.4 is 24.7 Å². The zero-order valence-electron chi connectivity index (χ0n) is 20.9. The van der Waals surface area contributed by atoms with Crippen molar-refractivity contribution < 1.29 is 18.9 Å². The molecule has 2 saturated heterocycles. The Kier molecular flexibility index (Phi) is 8.24. The fourth-order valence-electron chi connectivity index (χ4n) is 4.00. The van der Waals surface area contributed by atoms with Crippen LogP contribution in [0.25, 0.3) is 0 Å². The van der Waals surface area contributed by atoms with E-state index in [0.29, 0.717) is 62.4 Å². The Morgan fingerprint density at radius 2 is 1.51 bits per heavy atom. The van der Waals surface area contributed by atoms with E-state index in [9.17, 15) is 0 Å². The first-order valence-corrected chi connectivity index (χ1v) is 12.3. The number of morpholine rings is 2. The number of hydrogen-bond donors (Lipinski definition) is 1. The van der Waals surface area contributed by atoms with Crippen LogP contribution in [0.15, 0.2) is 53.6 Å². The first-order chi connectivity index (χ1) is 18.3. The van der Waals surface area contributed by atoms with Crippen LogP contribution in [0.5, 0.6) is 11.5 Å². The molecule has 194 valence electrons. The van der Waals surface area contributed by atoms with E-state index in [-0.39, 0.29) is 0 Å². The fraction of sp³-hybridized carbons (Fsp3) is 0.385. The van der Waals surface area contributed by atoms with Crippen LogP contribution in [-0.2, 0) is 16.1 Å². The van der Waals surface area contributed by atoms with E-state index < -0.39 is 0 Å². The highest BCUT2D eigenvalue weighted by molar-refractivity contribution is 5.81. The molecule has 0 saturated carbocycles. The van der Waals surface area contributed by atoms with Crippen molar-refractivity contribution in [2.24, 2.45) is 5.10 Å². The molecule has 0 bridgehead atoms. The molecule has 1 N–H and O–H groups in total. The molecule has 1 aromatic heterocycles. The molecule has 0 radical (unpaired) electrons. The molecule has 2 fully saturated rings. The van der Waals surface area contributed by atoms with Crippen LogP contribution in [0.2, 0.25) is 0 Å². The second-order valence-corrected chi connectivity index (χ2v) is 8.51. The van der Waals surface area contributed by atoms with Crippen molar-refractivity contribution >= 4 is 24.1 Å². The van der Waals surface area contributed by atoms with Gasteiger partial charge in [0.2, 0.25) is 17.8 Å². The number of ether oxygens (including phenoxy) is 4. The first kappa shape index (κ1) is 24.7. The van der Waals surface area contributed by atoms with Crippen molar-refractivity contribution in [2.75, 3.05) is 74.9 Å². The molecule has 0 aliphatic carbocycles. The molecule has 11 nitrogen and oxygen atoms in total. The van der Waals surface area contributed by atoms with E-state index in [1.54, 1.807) is 13.3 Å². The molecular formula is C26H31N7O4. The summed E-state index contributed by atoms with van der Waals surface area (Å²) >= 11 is 0. The van der Waals surface area contributed by atoms with Crippen LogP contribution in [0.4, 0.5) is 17.8 Å². The summed E-state index contributed by atoms with van der Waals surface area (Å²) in [6.45, 7) is 5.93. The Hall–Kier alpha value is -3.96. The molecule has 11 heteroatoms. The highest BCUT2D eigenvalue weighted by Crippen LogP contribution is 2.28. The Morgan fingerprint density at radius 3 is 2.14 bits per heavy atom. The van der Waals surface area contributed by atoms with Gasteiger partial charge in [0.15, 0.2) is 11.5 Å². The van der Waals surface area contributed by atoms with Gasteiger partial charge in [0, 0.05) is 26.2 Å². The minimum atomic E-state index is 0.378. The number of rotatable bonds is 9. The quantitative estimate of drug-likeness (QED) is 0.344. The minimum Gasteiger partial charge on any atom is -0.493 e. The van der Waals surface area contributed by atoms with Crippen molar-refractivity contribution in [3.8, 4) is 11.5 Å². The van der Waals surface area contributed by atoms with Gasteiger partial charge in [-0.05, 0) is 29.3 Å². The third-order valence-electron chi connectivity index (χ3n) is 6.00. The molecule has 2 aromatic carbocycles. The number of methoxy groups -OCH3 is 1. The van der Waals surface area contributed by atoms with Crippen molar-refractivity contribution in [1.29, 1.82) is 0 Å². The zero-order valence-corrected chi connectivity index (χ0v) is 20.9. The second-order valence-electron chi connectivity index (χ2n) is 8.51. The highest BCUT2D eigenvalue weighted by atomic mass is 16.5. The number of hydrogen-bond acceptors (Lipinski definition) is 11. The Balaban J connectivity index is 1.31. The third-order valence-corrected chi connectivity index (χ3v) is 6.00. The number of nitrogens with one attached hydrogen (secondary N) is 1. The van der Waals surface area contributed by atoms with Crippen LogP contribution in [0.3, 0.4) is 0 Å². The highest BCUT2D eigenvalue weighted by Gasteiger charge is 2.20. The van der Waals surface area contributed by atoms with Crippen LogP contribution in [0.1, 0.15) is 11.1 Å². The van der Waals surface area contributed by atoms with Gasteiger partial charge < -0.3 is 28.7 Å². The van der Waals surface area contributed by atoms with Gasteiger partial charge in [-0.3, -0.25) is 0 Å². The van der Waals surface area contributed by atoms with Gasteiger partial charge >= 0.3 is 0 Å². The number of benzene rings is 2. The van der Waals surface area contributed by atoms with E-state index in [1.165, 1.54) is 0 Å². The van der Waals surface area contributed by atoms with Gasteiger partial charge in [-0.2, -0.15) is 20.1 Å². The van der Waals surface area contributed by atoms with Crippen LogP contribution in [-0.4, -0.2) is 80.9 Å². The Morgan fingerprint density at radius 1 is 0.865 bits per heavy atom. The van der Waals surface area contributed by atoms with E-state index >= 15 is 0 Å². The van der Waals surface area contributed by atoms with Crippen LogP contribution >= 0.6 is 0 Å². The molecule has 3 heterocycles. The molecule has 0 amide bonds. The lowest BCUT2D eigenvalue weighted by molar-refractivity contribution is 0.121. The molecule has 0 atom stereocenters. The summed E-state index contributed by atoms with van der Waals surface area (Å²) in [6.07, 6.45) is 1.70. The number of aromatic nitrogens is 3. The summed E-state index contributed by atoms with van der Waals surface area (Å²) in [5.74, 6) is 2.89. The molecule has 5 rings (SSSR count). The first-order valence-electron chi connectivity index (χ1n) is 12.3. The zero-order chi connectivity index (χ0) is 25.3. The lowest BCUT2D eigenvalue weighted by Crippen LogP contribution is -2.40. The third kappa shape index (κ3) is 6.63. The maximum Gasteiger partial charge on any atom is 0.250 e. The Bertz CT molecular complexity index is 1150. The molecule has 0 spiro atoms. The maximum absolute atomic E-state index is 6.01. The molecule has 2 aliphatic rings. The molecule has 3 aromatic rings. The Labute approximate surface area is 216 Å². The summed E-state index contributed by atoms with van der Waals surface area (Å²) in [5.41, 5.74) is 4.89. The normalized spacial score (nSPS) is 16.1. The van der Waals surface area contributed by atoms with Gasteiger partial charge in [0.1, 0.15) is 6.61 Å². The monoisotopic (exact) mass is 505 g/mol. The molecular weight excluding hydrogens is 474 g/mol. The predicted molar refractivity (Wildman–Crippen MR) is 141 cm³/mol. The second kappa shape index (κ2) is 12.3. The predicted octanol–water partition coefficient (Wildman–Crippen LogP) is 2.58. The summed E-state index contributed by atoms with van der Waals surface area (Å²) in [7, 11) is 1.62. The summed E-state index contributed by atoms with van der Waals surface area (Å²) in [5, 5.41) is 4.39. The topological polar surface area (TPSA) is 106 Å². The number of hydrazone groups is 1. The maximum atomic E-state index is 6.01. The standard InChI is InChI=1S/C26H31N7O4/c1-34-22-8-7-21(17-23(22)37-19-20-5-3-2-4-6-20)18-27-31-24-28-25(32-9-13-35-14-10-32)30-26(29-24)33-11-15-36-16-12-33/h2-8,17-18H,9-16,19H2,1H3,(H,28,29,30,31)/b27-18-. The number of anilines is 3. The minimum absolute atomic E-state index is 0.378. The van der Waals surface area contributed by atoms with E-state index in [4.69, 9.17) is 23.9 Å². The van der Waals surface area contributed by atoms with Crippen molar-refractivity contribution in [3.63, 3.8) is 0 Å². The van der Waals surface area contributed by atoms with E-state index in [0.717, 1.165) is 37.3 Å². The number of nitrogens with zero attached hydrogens (tertiary/aromatic N) is 6. The SMILES string of the molecule is COc1ccc(/C=N\Nc2nc(N3CCOCC3)nc(N3CCOCC3)n2)cc1OCc1ccccc1. The van der Waals surface area contributed by atoms with Crippen LogP contribution in [0, 0.1) is 0 Å². The van der Waals surface area contributed by atoms with Crippen molar-refractivity contribution in [1.82, 2.24) is 15.0 Å². The summed E-state index contributed by atoms with van der Waals surface area (Å²) in [4.78, 5) is 18.1. The molecule has 0 unspecified atom stereocenters. The van der Waals surface area contributed by atoms with Gasteiger partial charge in [0.05, 0.1) is 39.8 Å². The summed E-state index contributed by atoms with van der Waals surface area (Å²) < 4.78 is 22.4. The average Bonchev–Trinajstić information content (AvgIpc) is 2.97. The lowest BCUT2D eigenvalue weighted by Gasteiger charge is -2.30. The van der Waals surface area contributed by atoms with Gasteiger partial charge in [-0.25, -0.2) is 5.43 Å².